The number of nitrogens with one attached hydrogen (secondary N) is 1. The largest absolute Gasteiger partial charge is 0.501 e. The summed E-state index contributed by atoms with van der Waals surface area (Å²) in [6, 6.07) is 18.2. The predicted molar refractivity (Wildman–Crippen MR) is 164 cm³/mol. The first-order valence-electron chi connectivity index (χ1n) is 12.5. The molecule has 2 N–H and O–H groups in total. The summed E-state index contributed by atoms with van der Waals surface area (Å²) in [7, 11) is 0. The number of aromatic nitrogens is 1. The zero-order valence-corrected chi connectivity index (χ0v) is 24.8. The molecule has 12 heteroatoms. The minimum absolute atomic E-state index is 0.271. The Morgan fingerprint density at radius 1 is 1.22 bits per heavy atom. The Morgan fingerprint density at radius 3 is 2.59 bits per heavy atom. The standard InChI is InChI=1S/C29H23IN4O6S/c1-3-40-20-11-9-18(10-12-20)25-24(27(36)32-19-7-5-4-6-8-19)16(2)31-29-33(25)28(37)23(41-29)15-17-13-21(30)26(35)22(14-17)34(38)39/h4-15,25,35H,3H2,1-2H3,(H,32,36)/b23-15-/t25-/m0/s1. The fourth-order valence-corrected chi connectivity index (χ4v) is 6.22. The van der Waals surface area contributed by atoms with E-state index >= 15 is 0 Å². The second kappa shape index (κ2) is 11.7. The van der Waals surface area contributed by atoms with Crippen LogP contribution in [0.25, 0.3) is 6.08 Å². The molecule has 3 aromatic carbocycles. The van der Waals surface area contributed by atoms with Crippen molar-refractivity contribution >= 4 is 57.3 Å². The number of rotatable bonds is 7. The lowest BCUT2D eigenvalue weighted by Crippen LogP contribution is -2.40. The Bertz CT molecular complexity index is 1880. The Morgan fingerprint density at radius 2 is 1.93 bits per heavy atom. The average molecular weight is 682 g/mol. The van der Waals surface area contributed by atoms with E-state index in [0.29, 0.717) is 45.2 Å². The second-order valence-corrected chi connectivity index (χ2v) is 11.2. The number of ether oxygens (including phenoxy) is 1. The van der Waals surface area contributed by atoms with Crippen molar-refractivity contribution in [3.05, 3.63) is 122 Å². The highest BCUT2D eigenvalue weighted by molar-refractivity contribution is 14.1. The molecule has 1 aliphatic rings. The normalized spacial score (nSPS) is 14.8. The Balaban J connectivity index is 1.67. The second-order valence-electron chi connectivity index (χ2n) is 9.03. The number of hydrogen-bond donors (Lipinski definition) is 2. The lowest BCUT2D eigenvalue weighted by Gasteiger charge is -2.25. The summed E-state index contributed by atoms with van der Waals surface area (Å²) in [6.45, 7) is 4.10. The maximum Gasteiger partial charge on any atom is 0.312 e. The van der Waals surface area contributed by atoms with Crippen LogP contribution in [0.5, 0.6) is 11.5 Å². The minimum atomic E-state index is -0.790. The van der Waals surface area contributed by atoms with Crippen molar-refractivity contribution in [2.24, 2.45) is 4.99 Å². The van der Waals surface area contributed by atoms with Crippen molar-refractivity contribution in [2.45, 2.75) is 19.9 Å². The quantitative estimate of drug-likeness (QED) is 0.168. The number of carbonyl (C=O) groups excluding carboxylic acids is 1. The van der Waals surface area contributed by atoms with Crippen LogP contribution in [0.3, 0.4) is 0 Å². The van der Waals surface area contributed by atoms with Gasteiger partial charge in [-0.25, -0.2) is 4.99 Å². The lowest BCUT2D eigenvalue weighted by atomic mass is 9.95. The molecule has 208 valence electrons. The molecular weight excluding hydrogens is 659 g/mol. The summed E-state index contributed by atoms with van der Waals surface area (Å²) in [4.78, 5) is 43.3. The van der Waals surface area contributed by atoms with Crippen LogP contribution in [0, 0.1) is 13.7 Å². The number of nitro groups is 1. The number of fused-ring (bicyclic) bond motifs is 1. The van der Waals surface area contributed by atoms with E-state index < -0.39 is 33.9 Å². The number of benzene rings is 3. The number of phenolic OH excluding ortho intramolecular Hbond substituents is 1. The van der Waals surface area contributed by atoms with Gasteiger partial charge in [0.1, 0.15) is 5.75 Å². The molecule has 0 fully saturated rings. The minimum Gasteiger partial charge on any atom is -0.501 e. The van der Waals surface area contributed by atoms with Crippen LogP contribution in [-0.4, -0.2) is 27.1 Å². The Labute approximate surface area is 251 Å². The molecule has 0 unspecified atom stereocenters. The van der Waals surface area contributed by atoms with E-state index in [-0.39, 0.29) is 8.10 Å². The van der Waals surface area contributed by atoms with E-state index in [2.05, 4.69) is 10.3 Å². The van der Waals surface area contributed by atoms with E-state index in [4.69, 9.17) is 4.74 Å². The van der Waals surface area contributed by atoms with Gasteiger partial charge in [0, 0.05) is 11.8 Å². The van der Waals surface area contributed by atoms with Gasteiger partial charge in [-0.15, -0.1) is 0 Å². The van der Waals surface area contributed by atoms with Gasteiger partial charge in [-0.1, -0.05) is 41.7 Å². The monoisotopic (exact) mass is 682 g/mol. The molecule has 10 nitrogen and oxygen atoms in total. The molecule has 1 atom stereocenters. The summed E-state index contributed by atoms with van der Waals surface area (Å²) in [6.07, 6.45) is 1.52. The van der Waals surface area contributed by atoms with Gasteiger partial charge in [0.2, 0.25) is 5.75 Å². The maximum atomic E-state index is 13.9. The molecule has 0 saturated carbocycles. The van der Waals surface area contributed by atoms with Gasteiger partial charge < -0.3 is 15.2 Å². The highest BCUT2D eigenvalue weighted by atomic mass is 127. The maximum absolute atomic E-state index is 13.9. The number of anilines is 1. The Kier molecular flexibility index (Phi) is 8.03. The highest BCUT2D eigenvalue weighted by Gasteiger charge is 2.32. The van der Waals surface area contributed by atoms with Crippen LogP contribution in [-0.2, 0) is 4.79 Å². The van der Waals surface area contributed by atoms with Crippen LogP contribution in [0.4, 0.5) is 11.4 Å². The molecule has 0 radical (unpaired) electrons. The fourth-order valence-electron chi connectivity index (χ4n) is 4.54. The van der Waals surface area contributed by atoms with E-state index in [9.17, 15) is 24.8 Å². The molecule has 0 saturated heterocycles. The Hall–Kier alpha value is -4.30. The molecule has 0 bridgehead atoms. The van der Waals surface area contributed by atoms with Crippen LogP contribution in [0.15, 0.2) is 87.8 Å². The van der Waals surface area contributed by atoms with Gasteiger partial charge in [-0.05, 0) is 84.0 Å². The van der Waals surface area contributed by atoms with Crippen molar-refractivity contribution in [3.8, 4) is 11.5 Å². The van der Waals surface area contributed by atoms with Gasteiger partial charge >= 0.3 is 5.69 Å². The number of amides is 1. The van der Waals surface area contributed by atoms with Crippen molar-refractivity contribution < 1.29 is 19.6 Å². The molecule has 2 heterocycles. The van der Waals surface area contributed by atoms with Crippen molar-refractivity contribution in [1.29, 1.82) is 0 Å². The number of carbonyl (C=O) groups is 1. The summed E-state index contributed by atoms with van der Waals surface area (Å²) >= 11 is 2.92. The van der Waals surface area contributed by atoms with Crippen LogP contribution in [0.1, 0.15) is 31.0 Å². The number of aromatic hydroxyl groups is 1. The number of nitrogens with zero attached hydrogens (tertiary/aromatic N) is 3. The van der Waals surface area contributed by atoms with E-state index in [1.807, 2.05) is 37.3 Å². The molecule has 4 aromatic rings. The van der Waals surface area contributed by atoms with Crippen LogP contribution in [0.2, 0.25) is 0 Å². The number of hydrogen-bond acceptors (Lipinski definition) is 8. The van der Waals surface area contributed by atoms with Gasteiger partial charge in [0.05, 0.1) is 36.9 Å². The first-order chi connectivity index (χ1) is 19.7. The van der Waals surface area contributed by atoms with Crippen molar-refractivity contribution in [3.63, 3.8) is 0 Å². The van der Waals surface area contributed by atoms with Crippen molar-refractivity contribution in [2.75, 3.05) is 11.9 Å². The topological polar surface area (TPSA) is 136 Å². The summed E-state index contributed by atoms with van der Waals surface area (Å²) < 4.78 is 7.60. The zero-order chi connectivity index (χ0) is 29.3. The smallest absolute Gasteiger partial charge is 0.312 e. The van der Waals surface area contributed by atoms with Gasteiger partial charge in [0.25, 0.3) is 11.5 Å². The summed E-state index contributed by atoms with van der Waals surface area (Å²) in [5.74, 6) is -0.174. The number of phenols is 1. The number of para-hydroxylation sites is 1. The van der Waals surface area contributed by atoms with Crippen LogP contribution >= 0.6 is 33.9 Å². The number of thiazole rings is 1. The molecule has 1 amide bonds. The number of nitro benzene ring substituents is 1. The van der Waals surface area contributed by atoms with Crippen LogP contribution < -0.4 is 24.9 Å². The van der Waals surface area contributed by atoms with Gasteiger partial charge in [0.15, 0.2) is 4.80 Å². The van der Waals surface area contributed by atoms with E-state index in [1.165, 1.54) is 16.7 Å². The zero-order valence-electron chi connectivity index (χ0n) is 21.8. The van der Waals surface area contributed by atoms with E-state index in [0.717, 1.165) is 11.3 Å². The first-order valence-corrected chi connectivity index (χ1v) is 14.4. The first kappa shape index (κ1) is 28.2. The SMILES string of the molecule is CCOc1ccc([C@H]2C(C(=O)Nc3ccccc3)=C(C)N=c3s/c(=C\c4cc(I)c(O)c([N+](=O)[O-])c4)c(=O)n32)cc1. The molecule has 0 spiro atoms. The third-order valence-electron chi connectivity index (χ3n) is 6.36. The van der Waals surface area contributed by atoms with Crippen molar-refractivity contribution in [1.82, 2.24) is 4.57 Å². The third kappa shape index (κ3) is 5.65. The summed E-state index contributed by atoms with van der Waals surface area (Å²) in [5, 5.41) is 24.4. The molecule has 41 heavy (non-hydrogen) atoms. The molecule has 5 rings (SSSR count). The van der Waals surface area contributed by atoms with Gasteiger partial charge in [-0.2, -0.15) is 0 Å². The molecular formula is C29H23IN4O6S. The van der Waals surface area contributed by atoms with E-state index in [1.54, 1.807) is 59.8 Å². The molecule has 1 aromatic heterocycles. The predicted octanol–water partition coefficient (Wildman–Crippen LogP) is 4.49. The lowest BCUT2D eigenvalue weighted by molar-refractivity contribution is -0.386. The molecule has 0 aliphatic carbocycles. The average Bonchev–Trinajstić information content (AvgIpc) is 3.24. The highest BCUT2D eigenvalue weighted by Crippen LogP contribution is 2.33. The third-order valence-corrected chi connectivity index (χ3v) is 8.17. The fraction of sp³-hybridized carbons (Fsp3) is 0.138. The number of halogens is 1. The molecule has 1 aliphatic heterocycles. The van der Waals surface area contributed by atoms with Gasteiger partial charge in [-0.3, -0.25) is 24.3 Å². The number of allylic oxidation sites excluding steroid dienone is 1. The summed E-state index contributed by atoms with van der Waals surface area (Å²) in [5.41, 5.74) is 1.56.